The molecule has 0 heterocycles. The van der Waals surface area contributed by atoms with Gasteiger partial charge in [-0.1, -0.05) is 13.3 Å². The van der Waals surface area contributed by atoms with E-state index in [4.69, 9.17) is 0 Å². The number of carbonyl (C=O) groups is 1. The van der Waals surface area contributed by atoms with E-state index >= 15 is 0 Å². The van der Waals surface area contributed by atoms with E-state index in [0.29, 0.717) is 5.78 Å². The Kier molecular flexibility index (Phi) is 1.78. The Morgan fingerprint density at radius 2 is 2.25 bits per heavy atom. The van der Waals surface area contributed by atoms with Crippen molar-refractivity contribution in [3.05, 3.63) is 0 Å². The second-order valence-corrected chi connectivity index (χ2v) is 4.85. The highest BCUT2D eigenvalue weighted by Crippen LogP contribution is 2.56. The highest BCUT2D eigenvalue weighted by molar-refractivity contribution is 5.83. The standard InChI is InChI=1S/C11H18O/c1-8-6-10-4-3-5-11(10,7-8)9(2)12/h8,10H,3-7H2,1-2H3/t8-,10?,11?/m1/s1. The summed E-state index contributed by atoms with van der Waals surface area (Å²) >= 11 is 0. The molecule has 0 aromatic heterocycles. The van der Waals surface area contributed by atoms with Gasteiger partial charge in [-0.3, -0.25) is 4.79 Å². The average Bonchev–Trinajstić information content (AvgIpc) is 2.42. The van der Waals surface area contributed by atoms with E-state index in [-0.39, 0.29) is 5.41 Å². The van der Waals surface area contributed by atoms with Gasteiger partial charge in [0.25, 0.3) is 0 Å². The molecule has 3 atom stereocenters. The van der Waals surface area contributed by atoms with Crippen molar-refractivity contribution in [3.8, 4) is 0 Å². The number of hydrogen-bond acceptors (Lipinski definition) is 1. The SMILES string of the molecule is CC(=O)C12CCCC1C[C@@H](C)C2. The first-order valence-electron chi connectivity index (χ1n) is 5.16. The van der Waals surface area contributed by atoms with Crippen LogP contribution in [0.1, 0.15) is 46.0 Å². The Hall–Kier alpha value is -0.330. The lowest BCUT2D eigenvalue weighted by atomic mass is 9.77. The summed E-state index contributed by atoms with van der Waals surface area (Å²) in [7, 11) is 0. The van der Waals surface area contributed by atoms with Gasteiger partial charge in [0.1, 0.15) is 5.78 Å². The van der Waals surface area contributed by atoms with Crippen LogP contribution < -0.4 is 0 Å². The summed E-state index contributed by atoms with van der Waals surface area (Å²) in [5.41, 5.74) is 0.138. The number of ketones is 1. The molecule has 0 spiro atoms. The van der Waals surface area contributed by atoms with E-state index in [1.54, 1.807) is 6.92 Å². The molecule has 0 aromatic rings. The first kappa shape index (κ1) is 8.28. The van der Waals surface area contributed by atoms with Gasteiger partial charge in [-0.25, -0.2) is 0 Å². The topological polar surface area (TPSA) is 17.1 Å². The van der Waals surface area contributed by atoms with Crippen LogP contribution in [0, 0.1) is 17.3 Å². The zero-order valence-corrected chi connectivity index (χ0v) is 8.10. The summed E-state index contributed by atoms with van der Waals surface area (Å²) in [6.45, 7) is 4.10. The molecule has 68 valence electrons. The Bertz CT molecular complexity index is 209. The summed E-state index contributed by atoms with van der Waals surface area (Å²) in [6.07, 6.45) is 6.25. The Balaban J connectivity index is 2.26. The molecule has 0 aliphatic heterocycles. The maximum atomic E-state index is 11.6. The molecule has 0 aromatic carbocycles. The Morgan fingerprint density at radius 3 is 2.83 bits per heavy atom. The fourth-order valence-corrected chi connectivity index (χ4v) is 3.55. The van der Waals surface area contributed by atoms with Gasteiger partial charge in [0.15, 0.2) is 0 Å². The second-order valence-electron chi connectivity index (χ2n) is 4.85. The normalized spacial score (nSPS) is 46.2. The zero-order valence-electron chi connectivity index (χ0n) is 8.10. The number of carbonyl (C=O) groups excluding carboxylic acids is 1. The van der Waals surface area contributed by atoms with Crippen molar-refractivity contribution in [2.24, 2.45) is 17.3 Å². The van der Waals surface area contributed by atoms with Gasteiger partial charge in [-0.05, 0) is 44.4 Å². The lowest BCUT2D eigenvalue weighted by Crippen LogP contribution is -2.28. The molecule has 0 saturated heterocycles. The lowest BCUT2D eigenvalue weighted by molar-refractivity contribution is -0.127. The summed E-state index contributed by atoms with van der Waals surface area (Å²) in [6, 6.07) is 0. The average molecular weight is 166 g/mol. The molecule has 2 saturated carbocycles. The predicted molar refractivity (Wildman–Crippen MR) is 48.9 cm³/mol. The van der Waals surface area contributed by atoms with Gasteiger partial charge < -0.3 is 0 Å². The molecular formula is C11H18O. The van der Waals surface area contributed by atoms with Crippen LogP contribution in [-0.2, 0) is 4.79 Å². The minimum Gasteiger partial charge on any atom is -0.299 e. The predicted octanol–water partition coefficient (Wildman–Crippen LogP) is 2.79. The smallest absolute Gasteiger partial charge is 0.136 e. The molecule has 2 aliphatic rings. The summed E-state index contributed by atoms with van der Waals surface area (Å²) < 4.78 is 0. The Labute approximate surface area is 74.5 Å². The lowest BCUT2D eigenvalue weighted by Gasteiger charge is -2.25. The fourth-order valence-electron chi connectivity index (χ4n) is 3.55. The molecule has 2 rings (SSSR count). The quantitative estimate of drug-likeness (QED) is 0.585. The molecule has 1 nitrogen and oxygen atoms in total. The fraction of sp³-hybridized carbons (Fsp3) is 0.909. The molecule has 0 amide bonds. The third-order valence-electron chi connectivity index (χ3n) is 4.06. The van der Waals surface area contributed by atoms with Crippen molar-refractivity contribution >= 4 is 5.78 Å². The summed E-state index contributed by atoms with van der Waals surface area (Å²) in [5.74, 6) is 2.00. The first-order valence-corrected chi connectivity index (χ1v) is 5.16. The number of hydrogen-bond donors (Lipinski definition) is 0. The van der Waals surface area contributed by atoms with Gasteiger partial charge in [0.05, 0.1) is 0 Å². The third kappa shape index (κ3) is 0.949. The van der Waals surface area contributed by atoms with E-state index in [9.17, 15) is 4.79 Å². The number of Topliss-reactive ketones (excluding diaryl/α,β-unsaturated/α-hetero) is 1. The van der Waals surface area contributed by atoms with E-state index in [1.165, 1.54) is 32.1 Å². The zero-order chi connectivity index (χ0) is 8.77. The minimum absolute atomic E-state index is 0.138. The van der Waals surface area contributed by atoms with Gasteiger partial charge in [-0.15, -0.1) is 0 Å². The van der Waals surface area contributed by atoms with Crippen LogP contribution in [0.15, 0.2) is 0 Å². The largest absolute Gasteiger partial charge is 0.299 e. The van der Waals surface area contributed by atoms with Crippen LogP contribution in [0.2, 0.25) is 0 Å². The highest BCUT2D eigenvalue weighted by Gasteiger charge is 2.51. The van der Waals surface area contributed by atoms with E-state index in [1.807, 2.05) is 0 Å². The van der Waals surface area contributed by atoms with Crippen molar-refractivity contribution < 1.29 is 4.79 Å². The van der Waals surface area contributed by atoms with Crippen molar-refractivity contribution in [1.82, 2.24) is 0 Å². The van der Waals surface area contributed by atoms with Crippen LogP contribution in [0.5, 0.6) is 0 Å². The molecule has 2 fully saturated rings. The van der Waals surface area contributed by atoms with Crippen molar-refractivity contribution in [2.75, 3.05) is 0 Å². The maximum Gasteiger partial charge on any atom is 0.136 e. The van der Waals surface area contributed by atoms with Crippen LogP contribution in [-0.4, -0.2) is 5.78 Å². The first-order chi connectivity index (χ1) is 5.65. The van der Waals surface area contributed by atoms with E-state index in [2.05, 4.69) is 6.92 Å². The molecule has 0 N–H and O–H groups in total. The molecule has 2 aliphatic carbocycles. The molecule has 0 bridgehead atoms. The maximum absolute atomic E-state index is 11.6. The molecule has 1 heteroatoms. The van der Waals surface area contributed by atoms with Crippen molar-refractivity contribution in [1.29, 1.82) is 0 Å². The van der Waals surface area contributed by atoms with Crippen molar-refractivity contribution in [2.45, 2.75) is 46.0 Å². The summed E-state index contributed by atoms with van der Waals surface area (Å²) in [4.78, 5) is 11.6. The van der Waals surface area contributed by atoms with Gasteiger partial charge in [0, 0.05) is 5.41 Å². The molecular weight excluding hydrogens is 148 g/mol. The highest BCUT2D eigenvalue weighted by atomic mass is 16.1. The minimum atomic E-state index is 0.138. The third-order valence-corrected chi connectivity index (χ3v) is 4.06. The van der Waals surface area contributed by atoms with Crippen LogP contribution >= 0.6 is 0 Å². The Morgan fingerprint density at radius 1 is 1.50 bits per heavy atom. The molecule has 2 unspecified atom stereocenters. The van der Waals surface area contributed by atoms with Crippen molar-refractivity contribution in [3.63, 3.8) is 0 Å². The van der Waals surface area contributed by atoms with Gasteiger partial charge >= 0.3 is 0 Å². The van der Waals surface area contributed by atoms with Crippen LogP contribution in [0.25, 0.3) is 0 Å². The monoisotopic (exact) mass is 166 g/mol. The second kappa shape index (κ2) is 2.58. The van der Waals surface area contributed by atoms with Crippen LogP contribution in [0.4, 0.5) is 0 Å². The van der Waals surface area contributed by atoms with Crippen LogP contribution in [0.3, 0.4) is 0 Å². The van der Waals surface area contributed by atoms with E-state index in [0.717, 1.165) is 11.8 Å². The van der Waals surface area contributed by atoms with Gasteiger partial charge in [0.2, 0.25) is 0 Å². The number of rotatable bonds is 1. The molecule has 0 radical (unpaired) electrons. The van der Waals surface area contributed by atoms with Gasteiger partial charge in [-0.2, -0.15) is 0 Å². The number of fused-ring (bicyclic) bond motifs is 1. The van der Waals surface area contributed by atoms with E-state index < -0.39 is 0 Å². The molecule has 12 heavy (non-hydrogen) atoms. The summed E-state index contributed by atoms with van der Waals surface area (Å²) in [5, 5.41) is 0.